The zero-order valence-electron chi connectivity index (χ0n) is 13.9. The van der Waals surface area contributed by atoms with E-state index in [1.165, 1.54) is 11.3 Å². The van der Waals surface area contributed by atoms with Crippen LogP contribution < -0.4 is 5.48 Å². The van der Waals surface area contributed by atoms with Crippen LogP contribution in [0.3, 0.4) is 0 Å². The number of aromatic nitrogens is 1. The average molecular weight is 394 g/mol. The minimum atomic E-state index is -1.03. The van der Waals surface area contributed by atoms with Crippen LogP contribution in [0.2, 0.25) is 0 Å². The van der Waals surface area contributed by atoms with Crippen molar-refractivity contribution in [3.05, 3.63) is 70.9 Å². The van der Waals surface area contributed by atoms with Crippen molar-refractivity contribution >= 4 is 34.3 Å². The van der Waals surface area contributed by atoms with Gasteiger partial charge in [0.15, 0.2) is 0 Å². The number of anilines is 1. The van der Waals surface area contributed by atoms with Crippen LogP contribution in [-0.2, 0) is 0 Å². The maximum atomic E-state index is 11.9. The van der Waals surface area contributed by atoms with Crippen molar-refractivity contribution in [2.75, 3.05) is 5.48 Å². The zero-order valence-corrected chi connectivity index (χ0v) is 15.6. The number of rotatable bonds is 5. The predicted octanol–water partition coefficient (Wildman–Crippen LogP) is 5.70. The van der Waals surface area contributed by atoms with Crippen LogP contribution in [0.15, 0.2) is 65.4 Å². The van der Waals surface area contributed by atoms with E-state index in [9.17, 15) is 15.1 Å². The number of thiophene rings is 1. The van der Waals surface area contributed by atoms with E-state index in [2.05, 4.69) is 10.5 Å². The van der Waals surface area contributed by atoms with Crippen molar-refractivity contribution in [2.24, 2.45) is 0 Å². The number of thiazole rings is 1. The highest BCUT2D eigenvalue weighted by Crippen LogP contribution is 2.35. The second-order valence-electron chi connectivity index (χ2n) is 5.74. The van der Waals surface area contributed by atoms with Gasteiger partial charge in [0.05, 0.1) is 21.8 Å². The summed E-state index contributed by atoms with van der Waals surface area (Å²) in [4.78, 5) is 17.6. The number of aromatic carboxylic acids is 1. The van der Waals surface area contributed by atoms with Gasteiger partial charge in [0.1, 0.15) is 5.01 Å². The fourth-order valence-electron chi connectivity index (χ4n) is 2.85. The topological polar surface area (TPSA) is 82.5 Å². The largest absolute Gasteiger partial charge is 0.478 e. The smallest absolute Gasteiger partial charge is 0.336 e. The summed E-state index contributed by atoms with van der Waals surface area (Å²) in [5, 5.41) is 23.8. The first-order chi connectivity index (χ1) is 13.2. The molecule has 3 N–H and O–H groups in total. The molecule has 0 aliphatic heterocycles. The molecule has 0 unspecified atom stereocenters. The lowest BCUT2D eigenvalue weighted by Crippen LogP contribution is -2.02. The van der Waals surface area contributed by atoms with E-state index in [4.69, 9.17) is 0 Å². The van der Waals surface area contributed by atoms with Crippen LogP contribution in [0.25, 0.3) is 32.3 Å². The number of carboxylic acids is 1. The highest BCUT2D eigenvalue weighted by molar-refractivity contribution is 7.15. The number of carboxylic acid groups (broad SMARTS) is 1. The van der Waals surface area contributed by atoms with Crippen molar-refractivity contribution in [2.45, 2.75) is 0 Å². The zero-order chi connectivity index (χ0) is 18.8. The van der Waals surface area contributed by atoms with Crippen LogP contribution in [0.1, 0.15) is 10.4 Å². The molecule has 7 heteroatoms. The van der Waals surface area contributed by atoms with Crippen molar-refractivity contribution in [3.8, 4) is 32.3 Å². The molecule has 2 heterocycles. The Hall–Kier alpha value is -3.00. The van der Waals surface area contributed by atoms with E-state index in [1.807, 2.05) is 29.0 Å². The Kier molecular flexibility index (Phi) is 4.72. The van der Waals surface area contributed by atoms with Crippen LogP contribution in [0.4, 0.5) is 5.69 Å². The molecule has 5 nitrogen and oxygen atoms in total. The summed E-state index contributed by atoms with van der Waals surface area (Å²) in [5.74, 6) is -1.03. The van der Waals surface area contributed by atoms with Crippen molar-refractivity contribution in [3.63, 3.8) is 0 Å². The molecule has 0 saturated carbocycles. The van der Waals surface area contributed by atoms with Crippen LogP contribution >= 0.6 is 22.7 Å². The average Bonchev–Trinajstić information content (AvgIpc) is 3.39. The van der Waals surface area contributed by atoms with Gasteiger partial charge in [-0.05, 0) is 29.1 Å². The Balaban J connectivity index is 1.79. The Morgan fingerprint density at radius 3 is 2.59 bits per heavy atom. The molecule has 0 saturated heterocycles. The second-order valence-corrected chi connectivity index (χ2v) is 7.54. The Morgan fingerprint density at radius 2 is 1.85 bits per heavy atom. The van der Waals surface area contributed by atoms with Gasteiger partial charge in [0.2, 0.25) is 0 Å². The quantitative estimate of drug-likeness (QED) is 0.378. The molecular weight excluding hydrogens is 380 g/mol. The minimum Gasteiger partial charge on any atom is -0.478 e. The molecule has 0 amide bonds. The lowest BCUT2D eigenvalue weighted by Gasteiger charge is -2.12. The van der Waals surface area contributed by atoms with E-state index >= 15 is 0 Å². The fourth-order valence-corrected chi connectivity index (χ4v) is 4.43. The highest BCUT2D eigenvalue weighted by Gasteiger charge is 2.17. The molecule has 0 radical (unpaired) electrons. The minimum absolute atomic E-state index is 0.156. The third-order valence-electron chi connectivity index (χ3n) is 4.11. The molecule has 0 aliphatic carbocycles. The Bertz CT molecular complexity index is 1100. The van der Waals surface area contributed by atoms with Crippen LogP contribution in [-0.4, -0.2) is 21.3 Å². The normalized spacial score (nSPS) is 10.7. The molecule has 0 fully saturated rings. The number of nitrogens with zero attached hydrogens (tertiary/aromatic N) is 1. The summed E-state index contributed by atoms with van der Waals surface area (Å²) in [5.41, 5.74) is 5.50. The first kappa shape index (κ1) is 17.4. The summed E-state index contributed by atoms with van der Waals surface area (Å²) >= 11 is 3.10. The number of nitrogens with one attached hydrogen (secondary N) is 1. The maximum Gasteiger partial charge on any atom is 0.336 e. The van der Waals surface area contributed by atoms with E-state index in [0.717, 1.165) is 21.1 Å². The SMILES string of the molecule is O=C(O)c1cc(-c2nc(-c3cccs3)cs2)ccc1-c1ccccc1NO. The highest BCUT2D eigenvalue weighted by atomic mass is 32.1. The maximum absolute atomic E-state index is 11.9. The van der Waals surface area contributed by atoms with Gasteiger partial charge in [-0.2, -0.15) is 0 Å². The number of hydrogen-bond donors (Lipinski definition) is 3. The van der Waals surface area contributed by atoms with Gasteiger partial charge < -0.3 is 5.11 Å². The molecule has 2 aromatic heterocycles. The fraction of sp³-hybridized carbons (Fsp3) is 0. The second kappa shape index (κ2) is 7.32. The first-order valence-electron chi connectivity index (χ1n) is 8.04. The summed E-state index contributed by atoms with van der Waals surface area (Å²) < 4.78 is 0. The number of benzene rings is 2. The molecule has 0 bridgehead atoms. The third-order valence-corrected chi connectivity index (χ3v) is 5.90. The first-order valence-corrected chi connectivity index (χ1v) is 9.80. The van der Waals surface area contributed by atoms with Crippen LogP contribution in [0, 0.1) is 0 Å². The lowest BCUT2D eigenvalue weighted by molar-refractivity contribution is 0.0698. The van der Waals surface area contributed by atoms with Gasteiger partial charge >= 0.3 is 5.97 Å². The Labute approximate surface area is 163 Å². The molecule has 4 rings (SSSR count). The van der Waals surface area contributed by atoms with Gasteiger partial charge in [-0.1, -0.05) is 36.4 Å². The van der Waals surface area contributed by atoms with Crippen molar-refractivity contribution < 1.29 is 15.1 Å². The number of carbonyl (C=O) groups is 1. The monoisotopic (exact) mass is 394 g/mol. The number of hydrogen-bond acceptors (Lipinski definition) is 6. The van der Waals surface area contributed by atoms with Crippen molar-refractivity contribution in [1.82, 2.24) is 4.98 Å². The summed E-state index contributed by atoms with van der Waals surface area (Å²) in [6, 6.07) is 16.2. The van der Waals surface area contributed by atoms with Gasteiger partial charge in [0, 0.05) is 16.5 Å². The molecule has 2 aromatic carbocycles. The van der Waals surface area contributed by atoms with Crippen LogP contribution in [0.5, 0.6) is 0 Å². The molecule has 0 atom stereocenters. The van der Waals surface area contributed by atoms with Crippen molar-refractivity contribution in [1.29, 1.82) is 0 Å². The molecular formula is C20H14N2O3S2. The predicted molar refractivity (Wildman–Crippen MR) is 109 cm³/mol. The molecule has 134 valence electrons. The van der Waals surface area contributed by atoms with E-state index in [-0.39, 0.29) is 5.56 Å². The molecule has 27 heavy (non-hydrogen) atoms. The molecule has 0 spiro atoms. The van der Waals surface area contributed by atoms with E-state index in [1.54, 1.807) is 47.7 Å². The summed E-state index contributed by atoms with van der Waals surface area (Å²) in [6.45, 7) is 0. The van der Waals surface area contributed by atoms with E-state index in [0.29, 0.717) is 16.8 Å². The third kappa shape index (κ3) is 3.35. The Morgan fingerprint density at radius 1 is 1.00 bits per heavy atom. The summed E-state index contributed by atoms with van der Waals surface area (Å²) in [7, 11) is 0. The molecule has 0 aliphatic rings. The van der Waals surface area contributed by atoms with Gasteiger partial charge in [-0.3, -0.25) is 10.7 Å². The van der Waals surface area contributed by atoms with Gasteiger partial charge in [-0.15, -0.1) is 22.7 Å². The van der Waals surface area contributed by atoms with Gasteiger partial charge in [0.25, 0.3) is 0 Å². The standard InChI is InChI=1S/C20H14N2O3S2/c23-20(24)15-10-12(19-21-17(11-27-19)18-6-3-9-26-18)7-8-13(15)14-4-1-2-5-16(14)22-25/h1-11,22,25H,(H,23,24). The summed E-state index contributed by atoms with van der Waals surface area (Å²) in [6.07, 6.45) is 0. The van der Waals surface area contributed by atoms with E-state index < -0.39 is 5.97 Å². The number of para-hydroxylation sites is 1. The lowest BCUT2D eigenvalue weighted by atomic mass is 9.96. The molecule has 4 aromatic rings. The van der Waals surface area contributed by atoms with Gasteiger partial charge in [-0.25, -0.2) is 9.78 Å².